The Kier molecular flexibility index (Phi) is 7.09. The van der Waals surface area contributed by atoms with Gasteiger partial charge in [0.15, 0.2) is 5.13 Å². The highest BCUT2D eigenvalue weighted by Crippen LogP contribution is 2.36. The quantitative estimate of drug-likeness (QED) is 0.298. The molecule has 7 nitrogen and oxygen atoms in total. The Labute approximate surface area is 207 Å². The molecule has 0 spiro atoms. The first-order valence-electron chi connectivity index (χ1n) is 10.8. The molecule has 2 heterocycles. The fraction of sp³-hybridized carbons (Fsp3) is 0.250. The van der Waals surface area contributed by atoms with Crippen LogP contribution in [0.5, 0.6) is 0 Å². The highest BCUT2D eigenvalue weighted by atomic mass is 35.5. The number of anilines is 1. The first kappa shape index (κ1) is 24.4. The van der Waals surface area contributed by atoms with Crippen LogP contribution in [0.15, 0.2) is 64.1 Å². The second-order valence-corrected chi connectivity index (χ2v) is 10.9. The molecule has 0 aliphatic rings. The average Bonchev–Trinajstić information content (AvgIpc) is 3.51. The fourth-order valence-corrected chi connectivity index (χ4v) is 6.40. The van der Waals surface area contributed by atoms with E-state index < -0.39 is 10.0 Å². The second kappa shape index (κ2) is 9.87. The maximum Gasteiger partial charge on any atom is 0.260 e. The first-order valence-corrected chi connectivity index (χ1v) is 13.4. The first-order chi connectivity index (χ1) is 16.3. The lowest BCUT2D eigenvalue weighted by atomic mass is 10.2. The van der Waals surface area contributed by atoms with Crippen LogP contribution in [0, 0.1) is 6.92 Å². The topological polar surface area (TPSA) is 83.7 Å². The van der Waals surface area contributed by atoms with Gasteiger partial charge in [0, 0.05) is 18.7 Å². The third-order valence-corrected chi connectivity index (χ3v) is 9.10. The number of nitrogens with zero attached hydrogens (tertiary/aromatic N) is 3. The molecule has 1 amide bonds. The van der Waals surface area contributed by atoms with Crippen molar-refractivity contribution in [3.8, 4) is 0 Å². The summed E-state index contributed by atoms with van der Waals surface area (Å²) in [4.78, 5) is 19.9. The average molecular weight is 518 g/mol. The van der Waals surface area contributed by atoms with Gasteiger partial charge < -0.3 is 4.42 Å². The Morgan fingerprint density at radius 1 is 1.09 bits per heavy atom. The summed E-state index contributed by atoms with van der Waals surface area (Å²) in [7, 11) is -3.62. The van der Waals surface area contributed by atoms with Crippen molar-refractivity contribution >= 4 is 54.2 Å². The zero-order chi connectivity index (χ0) is 24.5. The van der Waals surface area contributed by atoms with Crippen molar-refractivity contribution in [2.45, 2.75) is 32.2 Å². The molecule has 10 heteroatoms. The summed E-state index contributed by atoms with van der Waals surface area (Å²) in [6, 6.07) is 13.2. The van der Waals surface area contributed by atoms with Crippen LogP contribution in [0.2, 0.25) is 5.02 Å². The molecule has 0 aliphatic carbocycles. The van der Waals surface area contributed by atoms with Gasteiger partial charge in [0.05, 0.1) is 32.9 Å². The van der Waals surface area contributed by atoms with E-state index in [2.05, 4.69) is 0 Å². The monoisotopic (exact) mass is 517 g/mol. The number of thiazole rings is 1. The summed E-state index contributed by atoms with van der Waals surface area (Å²) >= 11 is 7.71. The van der Waals surface area contributed by atoms with Crippen LogP contribution in [-0.2, 0) is 16.6 Å². The van der Waals surface area contributed by atoms with Gasteiger partial charge in [-0.1, -0.05) is 42.9 Å². The van der Waals surface area contributed by atoms with Gasteiger partial charge in [0.1, 0.15) is 5.76 Å². The lowest BCUT2D eigenvalue weighted by Crippen LogP contribution is -2.31. The molecule has 0 unspecified atom stereocenters. The molecule has 4 aromatic rings. The van der Waals surface area contributed by atoms with E-state index in [9.17, 15) is 13.2 Å². The Morgan fingerprint density at radius 2 is 1.79 bits per heavy atom. The van der Waals surface area contributed by atoms with Crippen molar-refractivity contribution in [2.75, 3.05) is 18.0 Å². The number of carbonyl (C=O) groups is 1. The van der Waals surface area contributed by atoms with Crippen LogP contribution in [-0.4, -0.2) is 36.7 Å². The minimum atomic E-state index is -3.62. The van der Waals surface area contributed by atoms with Crippen LogP contribution in [0.1, 0.15) is 35.5 Å². The Morgan fingerprint density at radius 3 is 2.38 bits per heavy atom. The van der Waals surface area contributed by atoms with E-state index in [0.717, 1.165) is 15.8 Å². The van der Waals surface area contributed by atoms with Crippen LogP contribution in [0.3, 0.4) is 0 Å². The third-order valence-electron chi connectivity index (χ3n) is 5.50. The number of halogens is 1. The van der Waals surface area contributed by atoms with Crippen LogP contribution < -0.4 is 4.90 Å². The summed E-state index contributed by atoms with van der Waals surface area (Å²) in [5.41, 5.74) is 2.04. The molecule has 178 valence electrons. The van der Waals surface area contributed by atoms with Crippen molar-refractivity contribution < 1.29 is 17.6 Å². The predicted molar refractivity (Wildman–Crippen MR) is 135 cm³/mol. The van der Waals surface area contributed by atoms with Gasteiger partial charge in [-0.05, 0) is 55.0 Å². The van der Waals surface area contributed by atoms with Crippen LogP contribution >= 0.6 is 22.9 Å². The molecule has 0 fully saturated rings. The molecule has 0 aliphatic heterocycles. The Hall–Kier alpha value is -2.72. The summed E-state index contributed by atoms with van der Waals surface area (Å²) in [5, 5.41) is 1.05. The number of hydrogen-bond donors (Lipinski definition) is 0. The number of carbonyl (C=O) groups excluding carboxylic acids is 1. The molecule has 4 rings (SSSR count). The SMILES string of the molecule is CCN(CC)S(=O)(=O)c1ccc(C(=O)N(Cc2ccco2)c2nc3c(C)ccc(Cl)c3s2)cc1. The second-order valence-electron chi connectivity index (χ2n) is 7.62. The van der Waals surface area contributed by atoms with Gasteiger partial charge >= 0.3 is 0 Å². The number of fused-ring (bicyclic) bond motifs is 1. The molecule has 2 aromatic carbocycles. The van der Waals surface area contributed by atoms with E-state index in [1.807, 2.05) is 19.1 Å². The van der Waals surface area contributed by atoms with E-state index in [0.29, 0.717) is 34.6 Å². The van der Waals surface area contributed by atoms with Crippen molar-refractivity contribution in [3.63, 3.8) is 0 Å². The smallest absolute Gasteiger partial charge is 0.260 e. The Balaban J connectivity index is 1.72. The number of furan rings is 1. The minimum absolute atomic E-state index is 0.146. The number of sulfonamides is 1. The molecular weight excluding hydrogens is 494 g/mol. The van der Waals surface area contributed by atoms with Crippen LogP contribution in [0.4, 0.5) is 5.13 Å². The maximum atomic E-state index is 13.6. The normalized spacial score (nSPS) is 11.9. The van der Waals surface area contributed by atoms with Gasteiger partial charge in [-0.2, -0.15) is 4.31 Å². The van der Waals surface area contributed by atoms with Crippen molar-refractivity contribution in [2.24, 2.45) is 0 Å². The standard InChI is InChI=1S/C24H24ClN3O4S2/c1-4-27(5-2)34(30,31)19-11-9-17(10-12-19)23(29)28(15-18-7-6-14-32-18)24-26-21-16(3)8-13-20(25)22(21)33-24/h6-14H,4-5,15H2,1-3H3. The van der Waals surface area contributed by atoms with Gasteiger partial charge in [-0.15, -0.1) is 0 Å². The van der Waals surface area contributed by atoms with E-state index >= 15 is 0 Å². The lowest BCUT2D eigenvalue weighted by molar-refractivity contribution is 0.0983. The molecule has 0 saturated heterocycles. The number of aromatic nitrogens is 1. The summed E-state index contributed by atoms with van der Waals surface area (Å²) in [6.07, 6.45) is 1.55. The highest BCUT2D eigenvalue weighted by molar-refractivity contribution is 7.89. The van der Waals surface area contributed by atoms with Gasteiger partial charge in [-0.3, -0.25) is 9.69 Å². The molecule has 0 atom stereocenters. The Bertz CT molecular complexity index is 1370. The van der Waals surface area contributed by atoms with E-state index in [1.54, 1.807) is 32.2 Å². The lowest BCUT2D eigenvalue weighted by Gasteiger charge is -2.20. The van der Waals surface area contributed by atoms with Crippen LogP contribution in [0.25, 0.3) is 10.2 Å². The summed E-state index contributed by atoms with van der Waals surface area (Å²) in [5.74, 6) is 0.271. The van der Waals surface area contributed by atoms with E-state index in [-0.39, 0.29) is 17.3 Å². The predicted octanol–water partition coefficient (Wildman–Crippen LogP) is 5.73. The van der Waals surface area contributed by atoms with Crippen molar-refractivity contribution in [3.05, 3.63) is 76.7 Å². The summed E-state index contributed by atoms with van der Waals surface area (Å²) < 4.78 is 33.3. The van der Waals surface area contributed by atoms with Gasteiger partial charge in [-0.25, -0.2) is 13.4 Å². The number of hydrogen-bond acceptors (Lipinski definition) is 6. The van der Waals surface area contributed by atoms with Gasteiger partial charge in [0.2, 0.25) is 10.0 Å². The van der Waals surface area contributed by atoms with E-state index in [1.165, 1.54) is 44.8 Å². The zero-order valence-corrected chi connectivity index (χ0v) is 21.4. The molecule has 34 heavy (non-hydrogen) atoms. The third kappa shape index (κ3) is 4.61. The highest BCUT2D eigenvalue weighted by Gasteiger charge is 2.26. The molecule has 0 bridgehead atoms. The molecule has 0 N–H and O–H groups in total. The zero-order valence-electron chi connectivity index (χ0n) is 19.0. The maximum absolute atomic E-state index is 13.6. The number of aryl methyl sites for hydroxylation is 1. The van der Waals surface area contributed by atoms with Gasteiger partial charge in [0.25, 0.3) is 5.91 Å². The number of benzene rings is 2. The molecule has 0 saturated carbocycles. The van der Waals surface area contributed by atoms with E-state index in [4.69, 9.17) is 21.0 Å². The number of rotatable bonds is 8. The van der Waals surface area contributed by atoms with Crippen molar-refractivity contribution in [1.29, 1.82) is 0 Å². The summed E-state index contributed by atoms with van der Waals surface area (Å²) in [6.45, 7) is 6.43. The largest absolute Gasteiger partial charge is 0.467 e. The minimum Gasteiger partial charge on any atom is -0.467 e. The molecule has 2 aromatic heterocycles. The molecule has 0 radical (unpaired) electrons. The fourth-order valence-electron chi connectivity index (χ4n) is 3.63. The van der Waals surface area contributed by atoms with Crippen molar-refractivity contribution in [1.82, 2.24) is 9.29 Å². The number of amides is 1. The molecular formula is C24H24ClN3O4S2.